The molecule has 1 aromatic heterocycles. The number of amides is 7. The molecule has 0 radical (unpaired) electrons. The number of carbonyl (C=O) groups is 9. The molecule has 1 unspecified atom stereocenters. The number of carbonyl (C=O) groups excluding carboxylic acids is 7. The van der Waals surface area contributed by atoms with E-state index in [9.17, 15) is 53.4 Å². The van der Waals surface area contributed by atoms with Crippen molar-refractivity contribution < 1.29 is 53.4 Å². The first kappa shape index (κ1) is 53.4. The highest BCUT2D eigenvalue weighted by Crippen LogP contribution is 2.36. The molecule has 6 N–H and O–H groups in total. The highest BCUT2D eigenvalue weighted by Gasteiger charge is 2.46. The molecule has 2 aromatic carbocycles. The van der Waals surface area contributed by atoms with Crippen molar-refractivity contribution in [3.8, 4) is 0 Å². The van der Waals surface area contributed by atoms with Crippen molar-refractivity contribution in [1.82, 2.24) is 41.2 Å². The predicted molar refractivity (Wildman–Crippen MR) is 251 cm³/mol. The molecule has 4 rings (SSSR count). The minimum Gasteiger partial charge on any atom is -0.481 e. The van der Waals surface area contributed by atoms with Gasteiger partial charge in [0.25, 0.3) is 17.7 Å². The molecule has 7 amide bonds. The van der Waals surface area contributed by atoms with Crippen LogP contribution in [0.25, 0.3) is 10.9 Å². The van der Waals surface area contributed by atoms with Gasteiger partial charge in [-0.15, -0.1) is 0 Å². The normalized spacial score (nSPS) is 16.2. The molecule has 1 fully saturated rings. The number of hydrogen-bond acceptors (Lipinski definition) is 10. The van der Waals surface area contributed by atoms with Gasteiger partial charge in [0.15, 0.2) is 0 Å². The number of nitrogens with zero attached hydrogens (tertiary/aromatic N) is 4. The van der Waals surface area contributed by atoms with Crippen LogP contribution >= 0.6 is 0 Å². The summed E-state index contributed by atoms with van der Waals surface area (Å²) in [4.78, 5) is 127. The first-order valence-electron chi connectivity index (χ1n) is 22.6. The molecule has 68 heavy (non-hydrogen) atoms. The van der Waals surface area contributed by atoms with Crippen LogP contribution in [0.4, 0.5) is 0 Å². The number of nitrogens with one attached hydrogen (secondary N) is 4. The fourth-order valence-electron chi connectivity index (χ4n) is 7.95. The van der Waals surface area contributed by atoms with Crippen LogP contribution in [0.2, 0.25) is 0 Å². The van der Waals surface area contributed by atoms with E-state index in [0.29, 0.717) is 23.4 Å². The number of para-hydroxylation sites is 1. The third-order valence-corrected chi connectivity index (χ3v) is 11.3. The Bertz CT molecular complexity index is 2360. The second kappa shape index (κ2) is 24.0. The van der Waals surface area contributed by atoms with Crippen molar-refractivity contribution in [1.29, 1.82) is 0 Å². The number of hydrazine groups is 1. The zero-order chi connectivity index (χ0) is 50.5. The van der Waals surface area contributed by atoms with Crippen LogP contribution in [0.15, 0.2) is 78.9 Å². The van der Waals surface area contributed by atoms with Gasteiger partial charge in [-0.2, -0.15) is 0 Å². The molecule has 1 aliphatic rings. The van der Waals surface area contributed by atoms with Gasteiger partial charge < -0.3 is 36.0 Å². The number of fused-ring (bicyclic) bond motifs is 1. The van der Waals surface area contributed by atoms with Crippen molar-refractivity contribution in [2.24, 2.45) is 23.2 Å². The van der Waals surface area contributed by atoms with Crippen LogP contribution in [0, 0.1) is 23.2 Å². The van der Waals surface area contributed by atoms with Crippen LogP contribution in [-0.4, -0.2) is 128 Å². The first-order chi connectivity index (χ1) is 31.9. The topological polar surface area (TPSA) is 265 Å². The Morgan fingerprint density at radius 3 is 2.03 bits per heavy atom. The molecule has 2 heterocycles. The maximum atomic E-state index is 14.6. The fourth-order valence-corrected chi connectivity index (χ4v) is 7.95. The van der Waals surface area contributed by atoms with Crippen LogP contribution in [0.5, 0.6) is 0 Å². The number of aliphatic carboxylic acids is 2. The molecule has 19 nitrogen and oxygen atoms in total. The van der Waals surface area contributed by atoms with Crippen LogP contribution in [0.3, 0.4) is 0 Å². The summed E-state index contributed by atoms with van der Waals surface area (Å²) in [7, 11) is 1.53. The number of likely N-dealkylation sites (tertiary alicyclic amines) is 1. The predicted octanol–water partition coefficient (Wildman–Crippen LogP) is 3.29. The minimum absolute atomic E-state index is 0.0481. The lowest BCUT2D eigenvalue weighted by molar-refractivity contribution is -0.151. The number of hydrogen-bond donors (Lipinski definition) is 6. The summed E-state index contributed by atoms with van der Waals surface area (Å²) in [5.41, 5.74) is 3.47. The average molecular weight is 941 g/mol. The maximum absolute atomic E-state index is 14.6. The smallest absolute Gasteiger partial charge is 0.325 e. The molecule has 1 aliphatic heterocycles. The van der Waals surface area contributed by atoms with E-state index in [1.54, 1.807) is 45.9 Å². The summed E-state index contributed by atoms with van der Waals surface area (Å²) in [5, 5.41) is 28.6. The van der Waals surface area contributed by atoms with E-state index in [1.807, 2.05) is 63.2 Å². The van der Waals surface area contributed by atoms with E-state index in [0.717, 1.165) is 23.1 Å². The second-order valence-electron chi connectivity index (χ2n) is 18.9. The molecule has 1 saturated heterocycles. The van der Waals surface area contributed by atoms with Crippen molar-refractivity contribution in [2.75, 3.05) is 20.1 Å². The van der Waals surface area contributed by atoms with Gasteiger partial charge in [0.05, 0.1) is 5.52 Å². The van der Waals surface area contributed by atoms with Crippen LogP contribution in [-0.2, 0) is 44.9 Å². The summed E-state index contributed by atoms with van der Waals surface area (Å²) >= 11 is 0. The number of likely N-dealkylation sites (N-methyl/N-ethyl adjacent to an activating group) is 1. The Morgan fingerprint density at radius 2 is 1.41 bits per heavy atom. The molecule has 0 bridgehead atoms. The molecule has 0 saturated carbocycles. The van der Waals surface area contributed by atoms with E-state index in [-0.39, 0.29) is 30.6 Å². The minimum atomic E-state index is -1.48. The Balaban J connectivity index is 1.55. The lowest BCUT2D eigenvalue weighted by Crippen LogP contribution is -2.61. The molecular weight excluding hydrogens is 877 g/mol. The van der Waals surface area contributed by atoms with Gasteiger partial charge in [-0.25, -0.2) is 9.99 Å². The molecule has 0 spiro atoms. The third kappa shape index (κ3) is 15.4. The largest absolute Gasteiger partial charge is 0.481 e. The summed E-state index contributed by atoms with van der Waals surface area (Å²) in [6.45, 7) is 11.8. The SMILES string of the molecule is CC(C)[C@H](NC(=O)c1ccc2ccccc2n1)C(=O)N[C@@H](CCC(=O)O)C(=O)N[C@H](C(=O)N1CC[C@@H](CC(C)(C)C)C1C(=O)NN(CC(=O)O)C(=O)/C=C/C(=O)N(C)Cc1ccccc1)C(C)C. The number of rotatable bonds is 20. The number of pyridine rings is 1. The standard InChI is InChI=1S/C49H64N8O11/c1-29(2)41(52-44(64)35-19-18-32-16-12-13-17-34(32)50-35)46(66)51-36(20-23-39(60)61)45(65)53-42(30(3)4)48(68)56-25-24-33(26-49(5,6)7)43(56)47(67)54-57(28-40(62)63)38(59)22-21-37(58)55(8)27-31-14-10-9-11-15-31/h9-19,21-22,29-30,33,36,41-43H,20,23-28H2,1-8H3,(H,51,66)(H,52,64)(H,53,65)(H,54,67)(H,60,61)(H,62,63)/b22-21+/t33-,36-,41-,42-,43?/m0/s1. The van der Waals surface area contributed by atoms with E-state index >= 15 is 0 Å². The lowest BCUT2D eigenvalue weighted by Gasteiger charge is -2.35. The van der Waals surface area contributed by atoms with Crippen molar-refractivity contribution in [2.45, 2.75) is 105 Å². The summed E-state index contributed by atoms with van der Waals surface area (Å²) in [6, 6.07) is 14.3. The average Bonchev–Trinajstić information content (AvgIpc) is 3.68. The van der Waals surface area contributed by atoms with Gasteiger partial charge >= 0.3 is 11.9 Å². The quantitative estimate of drug-likeness (QED) is 0.0705. The summed E-state index contributed by atoms with van der Waals surface area (Å²) < 4.78 is 0. The summed E-state index contributed by atoms with van der Waals surface area (Å²) in [5.74, 6) is -9.79. The molecule has 0 aliphatic carbocycles. The Kier molecular flexibility index (Phi) is 18.9. The Morgan fingerprint density at radius 1 is 0.779 bits per heavy atom. The van der Waals surface area contributed by atoms with E-state index in [4.69, 9.17) is 0 Å². The third-order valence-electron chi connectivity index (χ3n) is 11.3. The van der Waals surface area contributed by atoms with Crippen LogP contribution < -0.4 is 21.4 Å². The van der Waals surface area contributed by atoms with Crippen molar-refractivity contribution >= 4 is 64.2 Å². The number of aromatic nitrogens is 1. The van der Waals surface area contributed by atoms with Gasteiger partial charge in [-0.05, 0) is 60.1 Å². The fraction of sp³-hybridized carbons (Fsp3) is 0.469. The molecule has 366 valence electrons. The monoisotopic (exact) mass is 940 g/mol. The number of carboxylic acid groups (broad SMARTS) is 2. The van der Waals surface area contributed by atoms with Crippen molar-refractivity contribution in [3.63, 3.8) is 0 Å². The van der Waals surface area contributed by atoms with Gasteiger partial charge in [-0.1, -0.05) is 103 Å². The number of carboxylic acids is 2. The zero-order valence-corrected chi connectivity index (χ0v) is 39.9. The molecule has 5 atom stereocenters. The second-order valence-corrected chi connectivity index (χ2v) is 18.9. The molecule has 19 heteroatoms. The van der Waals surface area contributed by atoms with Gasteiger partial charge in [-0.3, -0.25) is 48.6 Å². The molecular formula is C49H64N8O11. The Labute approximate surface area is 396 Å². The van der Waals surface area contributed by atoms with Crippen molar-refractivity contribution in [3.05, 3.63) is 90.1 Å². The highest BCUT2D eigenvalue weighted by molar-refractivity contribution is 6.01. The molecule has 3 aromatic rings. The Hall–Kier alpha value is -7.18. The first-order valence-corrected chi connectivity index (χ1v) is 22.6. The van der Waals surface area contributed by atoms with E-state index < -0.39 is 108 Å². The van der Waals surface area contributed by atoms with E-state index in [1.165, 1.54) is 22.9 Å². The number of benzene rings is 2. The highest BCUT2D eigenvalue weighted by atomic mass is 16.4. The van der Waals surface area contributed by atoms with Gasteiger partial charge in [0.2, 0.25) is 23.6 Å². The summed E-state index contributed by atoms with van der Waals surface area (Å²) in [6.07, 6.45) is 1.65. The van der Waals surface area contributed by atoms with Gasteiger partial charge in [0, 0.05) is 44.1 Å². The zero-order valence-electron chi connectivity index (χ0n) is 39.9. The maximum Gasteiger partial charge on any atom is 0.325 e. The van der Waals surface area contributed by atoms with Gasteiger partial charge in [0.1, 0.15) is 36.4 Å². The van der Waals surface area contributed by atoms with Crippen LogP contribution in [0.1, 0.15) is 90.2 Å². The lowest BCUT2D eigenvalue weighted by atomic mass is 9.81. The van der Waals surface area contributed by atoms with E-state index in [2.05, 4.69) is 26.4 Å².